The van der Waals surface area contributed by atoms with Gasteiger partial charge in [0.15, 0.2) is 0 Å². The van der Waals surface area contributed by atoms with Gasteiger partial charge in [-0.05, 0) is 210 Å². The predicted molar refractivity (Wildman–Crippen MR) is 486 cm³/mol. The van der Waals surface area contributed by atoms with Crippen LogP contribution < -0.4 is 10.2 Å². The van der Waals surface area contributed by atoms with Gasteiger partial charge in [-0.1, -0.05) is 356 Å². The molecule has 0 aliphatic heterocycles. The molecule has 0 saturated heterocycles. The fourth-order valence-corrected chi connectivity index (χ4v) is 18.5. The minimum atomic E-state index is -0.451. The van der Waals surface area contributed by atoms with Crippen molar-refractivity contribution in [2.75, 3.05) is 10.2 Å². The summed E-state index contributed by atoms with van der Waals surface area (Å²) in [5.74, 6) is 0. The molecule has 0 fully saturated rings. The quantitative estimate of drug-likeness (QED) is 0.124. The maximum absolute atomic E-state index is 3.59. The average Bonchev–Trinajstić information content (AvgIpc) is 1.55. The van der Waals surface area contributed by atoms with E-state index in [4.69, 9.17) is 0 Å². The van der Waals surface area contributed by atoms with Crippen molar-refractivity contribution in [2.45, 2.75) is 10.8 Å². The molecule has 4 nitrogen and oxygen atoms in total. The number of nitrogens with one attached hydrogen (secondary N) is 1. The summed E-state index contributed by atoms with van der Waals surface area (Å²) in [6.45, 7) is 0. The van der Waals surface area contributed by atoms with Gasteiger partial charge in [-0.25, -0.2) is 0 Å². The molecule has 18 aromatic carbocycles. The molecule has 2 aliphatic carbocycles. The number of anilines is 5. The van der Waals surface area contributed by atoms with Crippen LogP contribution in [0.1, 0.15) is 44.5 Å². The lowest BCUT2D eigenvalue weighted by Crippen LogP contribution is -2.28. The Morgan fingerprint density at radius 3 is 0.948 bits per heavy atom. The van der Waals surface area contributed by atoms with E-state index in [1.165, 1.54) is 138 Å². The summed E-state index contributed by atoms with van der Waals surface area (Å²) in [7, 11) is 0. The summed E-state index contributed by atoms with van der Waals surface area (Å²) in [6.07, 6.45) is 0. The Bertz CT molecular complexity index is 6790. The van der Waals surface area contributed by atoms with Gasteiger partial charge in [-0.2, -0.15) is 0 Å². The van der Waals surface area contributed by atoms with Crippen LogP contribution in [0.2, 0.25) is 0 Å². The van der Waals surface area contributed by atoms with Gasteiger partial charge < -0.3 is 19.4 Å². The number of hydrogen-bond acceptors (Lipinski definition) is 2. The fraction of sp³-hybridized carbons (Fsp3) is 0.0182. The van der Waals surface area contributed by atoms with Gasteiger partial charge >= 0.3 is 0 Å². The van der Waals surface area contributed by atoms with E-state index in [9.17, 15) is 0 Å². The van der Waals surface area contributed by atoms with E-state index in [-0.39, 0.29) is 5.41 Å². The summed E-state index contributed by atoms with van der Waals surface area (Å²) in [5.41, 5.74) is 32.4. The van der Waals surface area contributed by atoms with E-state index >= 15 is 0 Å². The summed E-state index contributed by atoms with van der Waals surface area (Å²) < 4.78 is 5.81. The highest BCUT2D eigenvalue weighted by Crippen LogP contribution is 2.58. The van der Waals surface area contributed by atoms with Crippen molar-refractivity contribution in [1.82, 2.24) is 9.13 Å². The first kappa shape index (κ1) is 69.8. The SMILES string of the molecule is Brc1ccc(C2(c3ccccc3)c3ccccc3-c3ccccc32)cc1.c1ccc(-c2ccc(N(c3ccc(C4(c5ccccc5)c5ccccc5-c5ccccc54)cc3)c3ccc4c(c3)c3ccccc3n4-c3ccccc3)cc2)cc1.c1ccc(-c2ccc(Nc3ccc4c(c3)c3ccccc3n4-c3ccccc3)cc2)cc1. The number of rotatable bonds is 13. The summed E-state index contributed by atoms with van der Waals surface area (Å²) in [5, 5.41) is 8.54. The second-order valence-electron chi connectivity index (χ2n) is 29.6. The molecule has 0 saturated carbocycles. The normalized spacial score (nSPS) is 12.5. The molecule has 0 unspecified atom stereocenters. The van der Waals surface area contributed by atoms with Crippen molar-refractivity contribution < 1.29 is 0 Å². The molecule has 0 radical (unpaired) electrons. The third kappa shape index (κ3) is 12.3. The standard InChI is InChI=1S/C55H38N2.C30H22N2.C25H17Br/c1-4-16-39(17-5-1)40-28-32-44(33-29-40)56(46-36-37-54-50(38-46)49-24-12-15-27-53(49)57(54)43-20-8-3-9-21-43)45-34-30-42(31-35-45)55(41-18-6-2-7-19-41)51-25-13-10-22-47(51)48-23-11-14-26-52(48)55;1-3-9-22(10-4-1)23-15-17-24(18-16-23)31-25-19-20-30-28(21-25)27-13-7-8-14-29(27)32(30)26-11-5-2-6-12-26;26-20-16-14-19(15-17-20)25(18-8-2-1-3-9-18)23-12-6-4-10-21(23)22-11-5-7-13-24(22)25/h1-38H;1-21,31H;1-17H. The molecule has 22 rings (SSSR count). The van der Waals surface area contributed by atoms with E-state index in [2.05, 4.69) is 490 Å². The largest absolute Gasteiger partial charge is 0.356 e. The van der Waals surface area contributed by atoms with E-state index < -0.39 is 5.41 Å². The van der Waals surface area contributed by atoms with Crippen LogP contribution >= 0.6 is 15.9 Å². The minimum Gasteiger partial charge on any atom is -0.356 e. The van der Waals surface area contributed by atoms with Crippen molar-refractivity contribution in [2.24, 2.45) is 0 Å². The van der Waals surface area contributed by atoms with Crippen LogP contribution in [0, 0.1) is 0 Å². The predicted octanol–water partition coefficient (Wildman–Crippen LogP) is 29.3. The average molecular weight is 1530 g/mol. The van der Waals surface area contributed by atoms with Crippen LogP contribution in [0.5, 0.6) is 0 Å². The van der Waals surface area contributed by atoms with E-state index in [1.54, 1.807) is 0 Å². The van der Waals surface area contributed by atoms with Crippen LogP contribution in [-0.2, 0) is 10.8 Å². The highest BCUT2D eigenvalue weighted by molar-refractivity contribution is 9.10. The van der Waals surface area contributed by atoms with Crippen LogP contribution in [0.3, 0.4) is 0 Å². The highest BCUT2D eigenvalue weighted by atomic mass is 79.9. The number of fused-ring (bicyclic) bond motifs is 12. The second kappa shape index (κ2) is 30.0. The Morgan fingerprint density at radius 2 is 0.513 bits per heavy atom. The van der Waals surface area contributed by atoms with Crippen LogP contribution in [0.4, 0.5) is 28.4 Å². The van der Waals surface area contributed by atoms with Crippen molar-refractivity contribution in [3.05, 3.63) is 510 Å². The molecule has 2 aliphatic rings. The van der Waals surface area contributed by atoms with E-state index in [1.807, 2.05) is 6.07 Å². The molecule has 115 heavy (non-hydrogen) atoms. The summed E-state index contributed by atoms with van der Waals surface area (Å²) >= 11 is 3.59. The number of para-hydroxylation sites is 4. The summed E-state index contributed by atoms with van der Waals surface area (Å²) in [4.78, 5) is 2.40. The Kier molecular flexibility index (Phi) is 18.2. The molecule has 544 valence electrons. The molecule has 5 heteroatoms. The zero-order chi connectivity index (χ0) is 76.7. The molecule has 0 amide bonds. The van der Waals surface area contributed by atoms with Gasteiger partial charge in [0.2, 0.25) is 0 Å². The van der Waals surface area contributed by atoms with Crippen LogP contribution in [-0.4, -0.2) is 9.13 Å². The third-order valence-electron chi connectivity index (χ3n) is 23.3. The number of nitrogens with zero attached hydrogens (tertiary/aromatic N) is 3. The van der Waals surface area contributed by atoms with Crippen molar-refractivity contribution in [1.29, 1.82) is 0 Å². The maximum Gasteiger partial charge on any atom is 0.0713 e. The Morgan fingerprint density at radius 1 is 0.217 bits per heavy atom. The summed E-state index contributed by atoms with van der Waals surface area (Å²) in [6, 6.07) is 166. The third-order valence-corrected chi connectivity index (χ3v) is 23.8. The smallest absolute Gasteiger partial charge is 0.0713 e. The second-order valence-corrected chi connectivity index (χ2v) is 30.5. The van der Waals surface area contributed by atoms with Gasteiger partial charge in [0.25, 0.3) is 0 Å². The molecule has 0 bridgehead atoms. The lowest BCUT2D eigenvalue weighted by Gasteiger charge is -2.34. The first-order valence-corrected chi connectivity index (χ1v) is 40.2. The van der Waals surface area contributed by atoms with Crippen molar-refractivity contribution >= 4 is 88.0 Å². The zero-order valence-corrected chi connectivity index (χ0v) is 64.7. The topological polar surface area (TPSA) is 25.1 Å². The number of hydrogen-bond donors (Lipinski definition) is 1. The van der Waals surface area contributed by atoms with E-state index in [0.29, 0.717) is 0 Å². The van der Waals surface area contributed by atoms with E-state index in [0.717, 1.165) is 38.6 Å². The Balaban J connectivity index is 0.000000124. The molecule has 0 atom stereocenters. The van der Waals surface area contributed by atoms with Gasteiger partial charge in [0.05, 0.1) is 32.9 Å². The highest BCUT2D eigenvalue weighted by Gasteiger charge is 2.47. The lowest BCUT2D eigenvalue weighted by atomic mass is 9.68. The van der Waals surface area contributed by atoms with Crippen LogP contribution in [0.25, 0.3) is 99.5 Å². The zero-order valence-electron chi connectivity index (χ0n) is 63.1. The maximum atomic E-state index is 3.59. The first-order valence-electron chi connectivity index (χ1n) is 39.4. The Hall–Kier alpha value is -14.4. The number of halogens is 1. The lowest BCUT2D eigenvalue weighted by molar-refractivity contribution is 0.768. The molecular weight excluding hydrogens is 1460 g/mol. The van der Waals surface area contributed by atoms with Crippen molar-refractivity contribution in [3.63, 3.8) is 0 Å². The molecule has 20 aromatic rings. The van der Waals surface area contributed by atoms with Crippen molar-refractivity contribution in [3.8, 4) is 55.9 Å². The fourth-order valence-electron chi connectivity index (χ4n) is 18.3. The number of aromatic nitrogens is 2. The molecule has 0 spiro atoms. The van der Waals surface area contributed by atoms with Crippen LogP contribution in [0.15, 0.2) is 466 Å². The minimum absolute atomic E-state index is 0.283. The van der Waals surface area contributed by atoms with Gasteiger partial charge in [0.1, 0.15) is 0 Å². The molecular formula is C110H77BrN4. The molecule has 1 N–H and O–H groups in total. The van der Waals surface area contributed by atoms with Gasteiger partial charge in [-0.15, -0.1) is 0 Å². The molecule has 2 heterocycles. The molecule has 2 aromatic heterocycles. The Labute approximate surface area is 679 Å². The monoisotopic (exact) mass is 1530 g/mol. The number of benzene rings is 18. The first-order chi connectivity index (χ1) is 57.0. The van der Waals surface area contributed by atoms with Gasteiger partial charge in [-0.3, -0.25) is 0 Å². The van der Waals surface area contributed by atoms with Gasteiger partial charge in [0, 0.05) is 65.8 Å².